The summed E-state index contributed by atoms with van der Waals surface area (Å²) in [5.41, 5.74) is -3.58. The van der Waals surface area contributed by atoms with Crippen LogP contribution < -0.4 is 5.32 Å². The quantitative estimate of drug-likeness (QED) is 0.511. The van der Waals surface area contributed by atoms with Crippen LogP contribution in [0.3, 0.4) is 0 Å². The number of aromatic nitrogens is 1. The van der Waals surface area contributed by atoms with E-state index in [2.05, 4.69) is 15.2 Å². The molecule has 0 radical (unpaired) electrons. The Kier molecular flexibility index (Phi) is 7.79. The van der Waals surface area contributed by atoms with Gasteiger partial charge in [0.2, 0.25) is 5.91 Å². The number of amides is 2. The van der Waals surface area contributed by atoms with Crippen LogP contribution in [0.5, 0.6) is 0 Å². The molecule has 1 aromatic carbocycles. The highest BCUT2D eigenvalue weighted by Crippen LogP contribution is 2.42. The summed E-state index contributed by atoms with van der Waals surface area (Å²) in [6.45, 7) is 0.869. The highest BCUT2D eigenvalue weighted by molar-refractivity contribution is 5.96. The molecule has 13 heteroatoms. The molecule has 3 aliphatic rings. The van der Waals surface area contributed by atoms with Crippen molar-refractivity contribution in [2.24, 2.45) is 0 Å². The summed E-state index contributed by atoms with van der Waals surface area (Å²) in [4.78, 5) is 33.1. The van der Waals surface area contributed by atoms with Crippen molar-refractivity contribution >= 4 is 11.8 Å². The van der Waals surface area contributed by atoms with Crippen molar-refractivity contribution in [2.75, 3.05) is 19.6 Å². The van der Waals surface area contributed by atoms with Gasteiger partial charge in [0.25, 0.3) is 5.91 Å². The fourth-order valence-electron chi connectivity index (χ4n) is 6.50. The van der Waals surface area contributed by atoms with Gasteiger partial charge >= 0.3 is 12.4 Å². The monoisotopic (exact) mass is 584 g/mol. The van der Waals surface area contributed by atoms with E-state index in [9.17, 15) is 41.0 Å². The average molecular weight is 585 g/mol. The summed E-state index contributed by atoms with van der Waals surface area (Å²) in [7, 11) is 0. The SMILES string of the molecule is O=C(NCC(=O)N1CC[C@@H]2[C@H]1CCN2C1CCC(O)(c2cccc(C(F)(F)F)n2)CC1)c1cccc(C(F)(F)F)c1. The molecule has 3 fully saturated rings. The first kappa shape index (κ1) is 29.3. The third-order valence-corrected chi connectivity index (χ3v) is 8.56. The molecule has 2 amide bonds. The molecule has 0 unspecified atom stereocenters. The van der Waals surface area contributed by atoms with E-state index >= 15 is 0 Å². The Balaban J connectivity index is 1.15. The van der Waals surface area contributed by atoms with Crippen molar-refractivity contribution < 1.29 is 41.0 Å². The molecule has 5 rings (SSSR count). The second-order valence-corrected chi connectivity index (χ2v) is 11.0. The number of carbonyl (C=O) groups is 2. The van der Waals surface area contributed by atoms with E-state index < -0.39 is 35.1 Å². The van der Waals surface area contributed by atoms with Gasteiger partial charge in [-0.15, -0.1) is 0 Å². The Hall–Kier alpha value is -3.19. The maximum Gasteiger partial charge on any atom is 0.433 e. The number of nitrogens with zero attached hydrogens (tertiary/aromatic N) is 3. The fraction of sp³-hybridized carbons (Fsp3) is 0.536. The van der Waals surface area contributed by atoms with Crippen LogP contribution in [0.25, 0.3) is 0 Å². The molecular formula is C28H30F6N4O3. The highest BCUT2D eigenvalue weighted by atomic mass is 19.4. The highest BCUT2D eigenvalue weighted by Gasteiger charge is 2.48. The van der Waals surface area contributed by atoms with Crippen LogP contribution in [0.15, 0.2) is 42.5 Å². The van der Waals surface area contributed by atoms with Gasteiger partial charge in [-0.2, -0.15) is 26.3 Å². The molecule has 2 atom stereocenters. The van der Waals surface area contributed by atoms with E-state index in [-0.39, 0.29) is 54.7 Å². The van der Waals surface area contributed by atoms with Crippen LogP contribution in [0.1, 0.15) is 65.8 Å². The van der Waals surface area contributed by atoms with E-state index in [1.165, 1.54) is 18.2 Å². The molecule has 222 valence electrons. The molecule has 1 saturated carbocycles. The Morgan fingerprint density at radius 3 is 2.29 bits per heavy atom. The zero-order valence-corrected chi connectivity index (χ0v) is 22.0. The van der Waals surface area contributed by atoms with E-state index in [1.807, 2.05) is 0 Å². The Labute approximate surface area is 232 Å². The lowest BCUT2D eigenvalue weighted by molar-refractivity contribution is -0.142. The maximum absolute atomic E-state index is 13.1. The second-order valence-electron chi connectivity index (χ2n) is 11.0. The van der Waals surface area contributed by atoms with Crippen molar-refractivity contribution in [1.82, 2.24) is 20.1 Å². The van der Waals surface area contributed by atoms with Gasteiger partial charge in [-0.05, 0) is 68.9 Å². The number of hydrogen-bond acceptors (Lipinski definition) is 5. The fourth-order valence-corrected chi connectivity index (χ4v) is 6.50. The largest absolute Gasteiger partial charge is 0.433 e. The first-order valence-electron chi connectivity index (χ1n) is 13.5. The number of aliphatic hydroxyl groups is 1. The van der Waals surface area contributed by atoms with Gasteiger partial charge in [0.05, 0.1) is 17.8 Å². The molecule has 1 aliphatic carbocycles. The van der Waals surface area contributed by atoms with Crippen LogP contribution in [-0.4, -0.2) is 69.5 Å². The van der Waals surface area contributed by atoms with Gasteiger partial charge in [0.1, 0.15) is 11.3 Å². The molecule has 7 nitrogen and oxygen atoms in total. The summed E-state index contributed by atoms with van der Waals surface area (Å²) in [5, 5.41) is 13.6. The average Bonchev–Trinajstić information content (AvgIpc) is 3.54. The van der Waals surface area contributed by atoms with Crippen LogP contribution in [-0.2, 0) is 22.7 Å². The number of halogens is 6. The van der Waals surface area contributed by atoms with Crippen LogP contribution >= 0.6 is 0 Å². The van der Waals surface area contributed by atoms with Gasteiger partial charge in [-0.3, -0.25) is 14.5 Å². The van der Waals surface area contributed by atoms with Gasteiger partial charge in [0.15, 0.2) is 0 Å². The van der Waals surface area contributed by atoms with E-state index in [0.717, 1.165) is 30.8 Å². The molecule has 0 spiro atoms. The zero-order chi connectivity index (χ0) is 29.6. The lowest BCUT2D eigenvalue weighted by Crippen LogP contribution is -2.47. The summed E-state index contributed by atoms with van der Waals surface area (Å²) in [6.07, 6.45) is -6.08. The number of nitrogens with one attached hydrogen (secondary N) is 1. The minimum Gasteiger partial charge on any atom is -0.384 e. The van der Waals surface area contributed by atoms with Crippen molar-refractivity contribution in [1.29, 1.82) is 0 Å². The van der Waals surface area contributed by atoms with Gasteiger partial charge in [-0.25, -0.2) is 4.98 Å². The third kappa shape index (κ3) is 6.06. The predicted molar refractivity (Wildman–Crippen MR) is 134 cm³/mol. The summed E-state index contributed by atoms with van der Waals surface area (Å²) in [6, 6.07) is 7.69. The Morgan fingerprint density at radius 1 is 0.927 bits per heavy atom. The number of carbonyl (C=O) groups excluding carboxylic acids is 2. The first-order valence-corrected chi connectivity index (χ1v) is 13.5. The topological polar surface area (TPSA) is 85.8 Å². The van der Waals surface area contributed by atoms with E-state index in [4.69, 9.17) is 0 Å². The molecule has 41 heavy (non-hydrogen) atoms. The summed E-state index contributed by atoms with van der Waals surface area (Å²) < 4.78 is 78.2. The number of hydrogen-bond donors (Lipinski definition) is 2. The minimum atomic E-state index is -4.60. The van der Waals surface area contributed by atoms with Gasteiger partial charge in [-0.1, -0.05) is 12.1 Å². The maximum atomic E-state index is 13.1. The van der Waals surface area contributed by atoms with Crippen LogP contribution in [0, 0.1) is 0 Å². The molecular weight excluding hydrogens is 554 g/mol. The summed E-state index contributed by atoms with van der Waals surface area (Å²) >= 11 is 0. The number of benzene rings is 1. The van der Waals surface area contributed by atoms with Crippen molar-refractivity contribution in [3.05, 3.63) is 65.0 Å². The number of fused-ring (bicyclic) bond motifs is 1. The molecule has 2 N–H and O–H groups in total. The molecule has 0 bridgehead atoms. The van der Waals surface area contributed by atoms with Crippen molar-refractivity contribution in [3.8, 4) is 0 Å². The van der Waals surface area contributed by atoms with Gasteiger partial charge in [0, 0.05) is 36.8 Å². The predicted octanol–water partition coefficient (Wildman–Crippen LogP) is 4.35. The third-order valence-electron chi connectivity index (χ3n) is 8.56. The van der Waals surface area contributed by atoms with Crippen LogP contribution in [0.4, 0.5) is 26.3 Å². The van der Waals surface area contributed by atoms with Crippen LogP contribution in [0.2, 0.25) is 0 Å². The van der Waals surface area contributed by atoms with E-state index in [0.29, 0.717) is 32.2 Å². The number of alkyl halides is 6. The molecule has 2 aliphatic heterocycles. The van der Waals surface area contributed by atoms with Crippen molar-refractivity contribution in [2.45, 2.75) is 74.6 Å². The Morgan fingerprint density at radius 2 is 1.61 bits per heavy atom. The lowest BCUT2D eigenvalue weighted by atomic mass is 9.79. The standard InChI is InChI=1S/C28H30F6N4O3/c29-27(30,31)18-4-1-3-17(15-18)25(40)35-16-24(39)38-14-10-20-21(38)9-13-37(20)19-7-11-26(41,12-8-19)22-5-2-6-23(36-22)28(32,33)34/h1-6,15,19-21,41H,7-14,16H2,(H,35,40)/t19?,20-,21-,26?/m1/s1. The molecule has 2 aromatic rings. The number of rotatable bonds is 5. The van der Waals surface area contributed by atoms with Gasteiger partial charge < -0.3 is 15.3 Å². The molecule has 3 heterocycles. The molecule has 2 saturated heterocycles. The number of pyridine rings is 1. The van der Waals surface area contributed by atoms with Crippen molar-refractivity contribution in [3.63, 3.8) is 0 Å². The number of likely N-dealkylation sites (tertiary alicyclic amines) is 2. The Bertz CT molecular complexity index is 1290. The normalized spacial score (nSPS) is 27.1. The lowest BCUT2D eigenvalue weighted by Gasteiger charge is -2.41. The molecule has 1 aromatic heterocycles. The first-order chi connectivity index (χ1) is 19.3. The smallest absolute Gasteiger partial charge is 0.384 e. The second kappa shape index (κ2) is 10.9. The summed E-state index contributed by atoms with van der Waals surface area (Å²) in [5.74, 6) is -1.08. The van der Waals surface area contributed by atoms with E-state index in [1.54, 1.807) is 4.90 Å². The zero-order valence-electron chi connectivity index (χ0n) is 22.0. The minimum absolute atomic E-state index is 0.0230.